The molecule has 128 valence electrons. The fourth-order valence-corrected chi connectivity index (χ4v) is 3.41. The highest BCUT2D eigenvalue weighted by molar-refractivity contribution is 7.99. The molecule has 0 aliphatic heterocycles. The Morgan fingerprint density at radius 2 is 1.68 bits per heavy atom. The molecule has 0 saturated heterocycles. The number of carbonyl (C=O) groups excluding carboxylic acids is 1. The molecule has 25 heavy (non-hydrogen) atoms. The molecule has 1 aromatic heterocycles. The zero-order valence-electron chi connectivity index (χ0n) is 14.2. The van der Waals surface area contributed by atoms with Crippen molar-refractivity contribution in [3.63, 3.8) is 0 Å². The molecule has 0 spiro atoms. The molecule has 1 heterocycles. The monoisotopic (exact) mass is 351 g/mol. The summed E-state index contributed by atoms with van der Waals surface area (Å²) in [6.07, 6.45) is 1.43. The first-order valence-electron chi connectivity index (χ1n) is 8.49. The van der Waals surface area contributed by atoms with E-state index >= 15 is 0 Å². The SMILES string of the molecule is CCCNC(=O)CCSc1nc2ccccc2nc1-c1ccccc1. The van der Waals surface area contributed by atoms with Gasteiger partial charge in [-0.25, -0.2) is 9.97 Å². The average molecular weight is 351 g/mol. The number of hydrogen-bond donors (Lipinski definition) is 1. The quantitative estimate of drug-likeness (QED) is 0.645. The lowest BCUT2D eigenvalue weighted by atomic mass is 10.1. The topological polar surface area (TPSA) is 54.9 Å². The number of thioether (sulfide) groups is 1. The molecule has 1 amide bonds. The standard InChI is InChI=1S/C20H21N3OS/c1-2-13-21-18(24)12-14-25-20-19(15-8-4-3-5-9-15)22-16-10-6-7-11-17(16)23-20/h3-11H,2,12-14H2,1H3,(H,21,24). The van der Waals surface area contributed by atoms with Gasteiger partial charge in [-0.1, -0.05) is 49.4 Å². The number of nitrogens with one attached hydrogen (secondary N) is 1. The number of benzene rings is 2. The fraction of sp³-hybridized carbons (Fsp3) is 0.250. The minimum Gasteiger partial charge on any atom is -0.356 e. The molecule has 0 fully saturated rings. The van der Waals surface area contributed by atoms with E-state index in [0.29, 0.717) is 12.2 Å². The number of rotatable bonds is 7. The summed E-state index contributed by atoms with van der Waals surface area (Å²) in [4.78, 5) is 21.4. The van der Waals surface area contributed by atoms with Gasteiger partial charge in [-0.3, -0.25) is 4.79 Å². The zero-order valence-corrected chi connectivity index (χ0v) is 15.1. The van der Waals surface area contributed by atoms with Gasteiger partial charge in [-0.15, -0.1) is 11.8 Å². The van der Waals surface area contributed by atoms with E-state index in [0.717, 1.165) is 40.3 Å². The van der Waals surface area contributed by atoms with Crippen molar-refractivity contribution in [1.29, 1.82) is 0 Å². The van der Waals surface area contributed by atoms with Crippen molar-refractivity contribution < 1.29 is 4.79 Å². The normalized spacial score (nSPS) is 10.8. The molecular formula is C20H21N3OS. The molecule has 3 rings (SSSR count). The maximum Gasteiger partial charge on any atom is 0.220 e. The van der Waals surface area contributed by atoms with Gasteiger partial charge in [-0.05, 0) is 18.6 Å². The van der Waals surface area contributed by atoms with Crippen LogP contribution in [0, 0.1) is 0 Å². The zero-order chi connectivity index (χ0) is 17.5. The molecule has 0 bridgehead atoms. The lowest BCUT2D eigenvalue weighted by Gasteiger charge is -2.10. The number of aromatic nitrogens is 2. The van der Waals surface area contributed by atoms with Crippen LogP contribution in [0.2, 0.25) is 0 Å². The second-order valence-corrected chi connectivity index (χ2v) is 6.76. The van der Waals surface area contributed by atoms with E-state index in [4.69, 9.17) is 9.97 Å². The van der Waals surface area contributed by atoms with Crippen LogP contribution in [0.25, 0.3) is 22.3 Å². The average Bonchev–Trinajstić information content (AvgIpc) is 2.66. The predicted octanol–water partition coefficient (Wildman–Crippen LogP) is 4.31. The van der Waals surface area contributed by atoms with Gasteiger partial charge in [0.15, 0.2) is 0 Å². The van der Waals surface area contributed by atoms with E-state index in [-0.39, 0.29) is 5.91 Å². The Labute approximate surface area is 152 Å². The second-order valence-electron chi connectivity index (χ2n) is 5.68. The number of hydrogen-bond acceptors (Lipinski definition) is 4. The van der Waals surface area contributed by atoms with Crippen molar-refractivity contribution in [3.8, 4) is 11.3 Å². The summed E-state index contributed by atoms with van der Waals surface area (Å²) in [5.41, 5.74) is 3.67. The van der Waals surface area contributed by atoms with Crippen LogP contribution in [0.4, 0.5) is 0 Å². The maximum atomic E-state index is 11.8. The smallest absolute Gasteiger partial charge is 0.220 e. The van der Waals surface area contributed by atoms with Crippen LogP contribution in [0.15, 0.2) is 59.6 Å². The van der Waals surface area contributed by atoms with E-state index in [1.54, 1.807) is 11.8 Å². The first kappa shape index (κ1) is 17.4. The summed E-state index contributed by atoms with van der Waals surface area (Å²) in [7, 11) is 0. The number of nitrogens with zero attached hydrogens (tertiary/aromatic N) is 2. The van der Waals surface area contributed by atoms with Crippen LogP contribution in [0.5, 0.6) is 0 Å². The molecule has 0 atom stereocenters. The van der Waals surface area contributed by atoms with Crippen LogP contribution in [0.1, 0.15) is 19.8 Å². The Morgan fingerprint density at radius 3 is 2.40 bits per heavy atom. The third-order valence-electron chi connectivity index (χ3n) is 3.73. The largest absolute Gasteiger partial charge is 0.356 e. The molecule has 5 heteroatoms. The Hall–Kier alpha value is -2.40. The minimum atomic E-state index is 0.0874. The Kier molecular flexibility index (Phi) is 6.01. The summed E-state index contributed by atoms with van der Waals surface area (Å²) in [5, 5.41) is 3.77. The number of amides is 1. The van der Waals surface area contributed by atoms with Crippen molar-refractivity contribution in [2.75, 3.05) is 12.3 Å². The highest BCUT2D eigenvalue weighted by atomic mass is 32.2. The first-order valence-corrected chi connectivity index (χ1v) is 9.48. The molecule has 2 aromatic carbocycles. The van der Waals surface area contributed by atoms with Crippen molar-refractivity contribution in [2.24, 2.45) is 0 Å². The third kappa shape index (κ3) is 4.57. The molecule has 1 N–H and O–H groups in total. The van der Waals surface area contributed by atoms with E-state index in [9.17, 15) is 4.79 Å². The molecule has 0 saturated carbocycles. The van der Waals surface area contributed by atoms with E-state index < -0.39 is 0 Å². The predicted molar refractivity (Wildman–Crippen MR) is 104 cm³/mol. The fourth-order valence-electron chi connectivity index (χ4n) is 2.46. The van der Waals surface area contributed by atoms with Crippen molar-refractivity contribution in [3.05, 3.63) is 54.6 Å². The molecule has 0 aliphatic carbocycles. The summed E-state index contributed by atoms with van der Waals surface area (Å²) in [6.45, 7) is 2.78. The second kappa shape index (κ2) is 8.62. The van der Waals surface area contributed by atoms with Gasteiger partial charge in [0.25, 0.3) is 0 Å². The Bertz CT molecular complexity index is 852. The van der Waals surface area contributed by atoms with E-state index in [1.807, 2.05) is 61.5 Å². The van der Waals surface area contributed by atoms with Gasteiger partial charge in [0.05, 0.1) is 11.0 Å². The van der Waals surface area contributed by atoms with E-state index in [1.165, 1.54) is 0 Å². The van der Waals surface area contributed by atoms with Crippen LogP contribution in [-0.2, 0) is 4.79 Å². The maximum absolute atomic E-state index is 11.8. The van der Waals surface area contributed by atoms with Crippen molar-refractivity contribution >= 4 is 28.7 Å². The van der Waals surface area contributed by atoms with Crippen molar-refractivity contribution in [1.82, 2.24) is 15.3 Å². The highest BCUT2D eigenvalue weighted by Crippen LogP contribution is 2.30. The lowest BCUT2D eigenvalue weighted by Crippen LogP contribution is -2.24. The van der Waals surface area contributed by atoms with Gasteiger partial charge >= 0.3 is 0 Å². The number of carbonyl (C=O) groups is 1. The first-order chi connectivity index (χ1) is 12.3. The van der Waals surface area contributed by atoms with Gasteiger partial charge in [0.1, 0.15) is 10.7 Å². The molecule has 0 unspecified atom stereocenters. The van der Waals surface area contributed by atoms with Crippen LogP contribution in [-0.4, -0.2) is 28.2 Å². The van der Waals surface area contributed by atoms with Gasteiger partial charge in [-0.2, -0.15) is 0 Å². The molecule has 0 radical (unpaired) electrons. The van der Waals surface area contributed by atoms with Crippen LogP contribution >= 0.6 is 11.8 Å². The molecule has 4 nitrogen and oxygen atoms in total. The molecular weight excluding hydrogens is 330 g/mol. The minimum absolute atomic E-state index is 0.0874. The van der Waals surface area contributed by atoms with E-state index in [2.05, 4.69) is 5.32 Å². The van der Waals surface area contributed by atoms with Crippen LogP contribution < -0.4 is 5.32 Å². The Balaban J connectivity index is 1.83. The van der Waals surface area contributed by atoms with Gasteiger partial charge < -0.3 is 5.32 Å². The third-order valence-corrected chi connectivity index (χ3v) is 4.69. The Morgan fingerprint density at radius 1 is 1.00 bits per heavy atom. The number of para-hydroxylation sites is 2. The molecule has 0 aliphatic rings. The van der Waals surface area contributed by atoms with Gasteiger partial charge in [0, 0.05) is 24.3 Å². The molecule has 3 aromatic rings. The van der Waals surface area contributed by atoms with Crippen LogP contribution in [0.3, 0.4) is 0 Å². The number of fused-ring (bicyclic) bond motifs is 1. The summed E-state index contributed by atoms with van der Waals surface area (Å²) >= 11 is 1.58. The summed E-state index contributed by atoms with van der Waals surface area (Å²) in [6, 6.07) is 17.9. The highest BCUT2D eigenvalue weighted by Gasteiger charge is 2.12. The summed E-state index contributed by atoms with van der Waals surface area (Å²) in [5.74, 6) is 0.770. The summed E-state index contributed by atoms with van der Waals surface area (Å²) < 4.78 is 0. The van der Waals surface area contributed by atoms with Gasteiger partial charge in [0.2, 0.25) is 5.91 Å². The lowest BCUT2D eigenvalue weighted by molar-refractivity contribution is -0.120. The van der Waals surface area contributed by atoms with Crippen molar-refractivity contribution in [2.45, 2.75) is 24.8 Å².